The summed E-state index contributed by atoms with van der Waals surface area (Å²) in [6, 6.07) is -1.13. The number of aliphatic carboxylic acids is 5. The van der Waals surface area contributed by atoms with Crippen LogP contribution in [0, 0.1) is 46.3 Å². The van der Waals surface area contributed by atoms with Gasteiger partial charge in [0.2, 0.25) is 0 Å². The van der Waals surface area contributed by atoms with Gasteiger partial charge in [0.25, 0.3) is 0 Å². The number of allylic oxidation sites excluding steroid dienone is 1. The van der Waals surface area contributed by atoms with Gasteiger partial charge in [-0.15, -0.1) is 0 Å². The van der Waals surface area contributed by atoms with Crippen LogP contribution >= 0.6 is 0 Å². The molecule has 16 heteroatoms. The lowest BCUT2D eigenvalue weighted by atomic mass is 9.47. The highest BCUT2D eigenvalue weighted by atomic mass is 16.6. The van der Waals surface area contributed by atoms with Crippen molar-refractivity contribution in [2.75, 3.05) is 58.9 Å². The molecule has 6 N–H and O–H groups in total. The van der Waals surface area contributed by atoms with E-state index < -0.39 is 68.2 Å². The Hall–Kier alpha value is -3.76. The maximum atomic E-state index is 13.0. The van der Waals surface area contributed by atoms with Crippen LogP contribution in [0.25, 0.3) is 0 Å². The summed E-state index contributed by atoms with van der Waals surface area (Å²) in [5.74, 6) is -1.74. The van der Waals surface area contributed by atoms with Gasteiger partial charge < -0.3 is 35.6 Å². The number of carbonyl (C=O) groups excluding carboxylic acids is 1. The lowest BCUT2D eigenvalue weighted by Crippen LogP contribution is -2.51. The van der Waals surface area contributed by atoms with Crippen LogP contribution < -0.4 is 5.32 Å². The van der Waals surface area contributed by atoms with Crippen molar-refractivity contribution in [2.45, 2.75) is 137 Å². The number of ether oxygens (including phenoxy) is 1. The van der Waals surface area contributed by atoms with Gasteiger partial charge in [-0.1, -0.05) is 65.5 Å². The summed E-state index contributed by atoms with van der Waals surface area (Å²) in [6.07, 6.45) is 15.6. The monoisotopic (exact) mass is 877 g/mol. The number of hydrogen-bond acceptors (Lipinski definition) is 10. The molecular formula is C46H76N4O12. The number of carboxylic acids is 5. The molecule has 16 nitrogen and oxygen atoms in total. The fraction of sp³-hybridized carbons (Fsp3) is 0.826. The van der Waals surface area contributed by atoms with E-state index in [9.17, 15) is 54.3 Å². The van der Waals surface area contributed by atoms with Gasteiger partial charge in [0, 0.05) is 39.1 Å². The van der Waals surface area contributed by atoms with Crippen LogP contribution in [-0.2, 0) is 28.7 Å². The molecule has 62 heavy (non-hydrogen) atoms. The Balaban J connectivity index is 1.28. The number of carbonyl (C=O) groups is 6. The standard InChI is InChI=1S/C46H76N4O12/c1-30(2)9-8-10-31(3)35-14-15-36-34-13-12-32-25-33(16-18-45(32,4)37(34)17-19-46(35,36)5)62-44(61)47-20-7-6-11-38(43(59)60)50(23-21-48(26-39(51)52)27-40(53)54)24-22-49(28-41(55)56)29-42(57)58/h12,30-31,33-38H,6-11,13-29H2,1-5H3,(H,47,61)(H,51,52)(H,53,54)(H,55,56)(H,57,58)(H,59,60)/t31?,33-,34?,35+,36?,37?,38-,45-,46+/m0/s1. The highest BCUT2D eigenvalue weighted by Gasteiger charge is 2.59. The highest BCUT2D eigenvalue weighted by molar-refractivity contribution is 5.74. The maximum absolute atomic E-state index is 13.0. The van der Waals surface area contributed by atoms with Crippen LogP contribution in [0.5, 0.6) is 0 Å². The smallest absolute Gasteiger partial charge is 0.407 e. The second-order valence-corrected chi connectivity index (χ2v) is 19.9. The molecule has 0 aromatic heterocycles. The molecule has 9 atom stereocenters. The van der Waals surface area contributed by atoms with Crippen LogP contribution in [0.2, 0.25) is 0 Å². The Bertz CT molecular complexity index is 1520. The zero-order valence-electron chi connectivity index (χ0n) is 37.9. The van der Waals surface area contributed by atoms with Gasteiger partial charge in [0.05, 0.1) is 26.2 Å². The first-order valence-electron chi connectivity index (χ1n) is 23.2. The Labute approximate surface area is 367 Å². The van der Waals surface area contributed by atoms with E-state index in [4.69, 9.17) is 4.74 Å². The molecule has 0 spiro atoms. The molecule has 0 aliphatic heterocycles. The van der Waals surface area contributed by atoms with Gasteiger partial charge in [0.15, 0.2) is 0 Å². The summed E-state index contributed by atoms with van der Waals surface area (Å²) in [4.78, 5) is 74.8. The van der Waals surface area contributed by atoms with E-state index in [-0.39, 0.29) is 50.7 Å². The lowest BCUT2D eigenvalue weighted by molar-refractivity contribution is -0.146. The molecular weight excluding hydrogens is 801 g/mol. The topological polar surface area (TPSA) is 235 Å². The predicted octanol–water partition coefficient (Wildman–Crippen LogP) is 5.99. The summed E-state index contributed by atoms with van der Waals surface area (Å²) >= 11 is 0. The van der Waals surface area contributed by atoms with Crippen LogP contribution in [0.4, 0.5) is 4.79 Å². The summed E-state index contributed by atoms with van der Waals surface area (Å²) in [5, 5.41) is 50.1. The number of carboxylic acid groups (broad SMARTS) is 5. The van der Waals surface area contributed by atoms with E-state index in [0.717, 1.165) is 65.1 Å². The summed E-state index contributed by atoms with van der Waals surface area (Å²) < 4.78 is 5.95. The minimum absolute atomic E-state index is 0.0766. The predicted molar refractivity (Wildman–Crippen MR) is 232 cm³/mol. The van der Waals surface area contributed by atoms with E-state index in [0.29, 0.717) is 24.2 Å². The van der Waals surface area contributed by atoms with Crippen LogP contribution in [-0.4, -0.2) is 147 Å². The van der Waals surface area contributed by atoms with Crippen molar-refractivity contribution in [2.24, 2.45) is 46.3 Å². The SMILES string of the molecule is CC(C)CCCC(C)[C@H]1CCC2C3CC=C4C[C@@H](OC(=O)NCCCC[C@@H](C(=O)O)N(CCN(CC(=O)O)CC(=O)O)CCN(CC(=O)O)CC(=O)O)CC[C@]4(C)C3CC[C@@]21C. The van der Waals surface area contributed by atoms with Gasteiger partial charge in [-0.3, -0.25) is 38.7 Å². The number of nitrogens with one attached hydrogen (secondary N) is 1. The third-order valence-corrected chi connectivity index (χ3v) is 15.3. The van der Waals surface area contributed by atoms with Gasteiger partial charge in [-0.25, -0.2) is 4.79 Å². The first-order chi connectivity index (χ1) is 29.2. The van der Waals surface area contributed by atoms with E-state index >= 15 is 0 Å². The van der Waals surface area contributed by atoms with Crippen molar-refractivity contribution < 1.29 is 59.0 Å². The first-order valence-corrected chi connectivity index (χ1v) is 23.2. The fourth-order valence-corrected chi connectivity index (χ4v) is 12.2. The number of alkyl carbamates (subject to hydrolysis) is 1. The normalized spacial score (nSPS) is 27.8. The van der Waals surface area contributed by atoms with Gasteiger partial charge >= 0.3 is 35.9 Å². The largest absolute Gasteiger partial charge is 0.480 e. The van der Waals surface area contributed by atoms with Crippen molar-refractivity contribution in [3.8, 4) is 0 Å². The van der Waals surface area contributed by atoms with Crippen molar-refractivity contribution in [1.82, 2.24) is 20.0 Å². The zero-order chi connectivity index (χ0) is 45.8. The van der Waals surface area contributed by atoms with Crippen molar-refractivity contribution in [3.63, 3.8) is 0 Å². The summed E-state index contributed by atoms with van der Waals surface area (Å²) in [7, 11) is 0. The lowest BCUT2D eigenvalue weighted by Gasteiger charge is -2.58. The molecule has 0 bridgehead atoms. The quantitative estimate of drug-likeness (QED) is 0.0411. The number of amides is 1. The minimum Gasteiger partial charge on any atom is -0.480 e. The van der Waals surface area contributed by atoms with Gasteiger partial charge in [0.1, 0.15) is 12.1 Å². The number of unbranched alkanes of at least 4 members (excludes halogenated alkanes) is 1. The number of nitrogens with zero attached hydrogens (tertiary/aromatic N) is 3. The van der Waals surface area contributed by atoms with Crippen LogP contribution in [0.15, 0.2) is 11.6 Å². The summed E-state index contributed by atoms with van der Waals surface area (Å²) in [5.41, 5.74) is 2.00. The second-order valence-electron chi connectivity index (χ2n) is 19.9. The maximum Gasteiger partial charge on any atom is 0.407 e. The Morgan fingerprint density at radius 1 is 0.726 bits per heavy atom. The number of fused-ring (bicyclic) bond motifs is 5. The van der Waals surface area contributed by atoms with Crippen LogP contribution in [0.1, 0.15) is 125 Å². The molecule has 352 valence electrons. The second kappa shape index (κ2) is 23.3. The Kier molecular flexibility index (Phi) is 19.1. The molecule has 0 aromatic carbocycles. The molecule has 3 saturated carbocycles. The molecule has 4 rings (SSSR count). The molecule has 3 fully saturated rings. The fourth-order valence-electron chi connectivity index (χ4n) is 12.2. The average Bonchev–Trinajstić information content (AvgIpc) is 3.52. The molecule has 0 saturated heterocycles. The minimum atomic E-state index is -1.26. The van der Waals surface area contributed by atoms with E-state index in [1.165, 1.54) is 55.4 Å². The molecule has 0 radical (unpaired) electrons. The Morgan fingerprint density at radius 2 is 1.32 bits per heavy atom. The van der Waals surface area contributed by atoms with E-state index in [2.05, 4.69) is 46.0 Å². The first kappa shape index (κ1) is 50.9. The van der Waals surface area contributed by atoms with Gasteiger partial charge in [-0.05, 0) is 111 Å². The molecule has 4 unspecified atom stereocenters. The summed E-state index contributed by atoms with van der Waals surface area (Å²) in [6.45, 7) is 9.71. The van der Waals surface area contributed by atoms with E-state index in [1.54, 1.807) is 0 Å². The molecule has 4 aliphatic rings. The highest BCUT2D eigenvalue weighted by Crippen LogP contribution is 2.67. The molecule has 0 heterocycles. The number of rotatable bonds is 27. The molecule has 0 aromatic rings. The zero-order valence-corrected chi connectivity index (χ0v) is 37.9. The van der Waals surface area contributed by atoms with Crippen molar-refractivity contribution in [3.05, 3.63) is 11.6 Å². The third-order valence-electron chi connectivity index (χ3n) is 15.3. The molecule has 1 amide bonds. The Morgan fingerprint density at radius 3 is 1.87 bits per heavy atom. The third kappa shape index (κ3) is 14.1. The van der Waals surface area contributed by atoms with Crippen LogP contribution in [0.3, 0.4) is 0 Å². The van der Waals surface area contributed by atoms with Gasteiger partial charge in [-0.2, -0.15) is 0 Å². The van der Waals surface area contributed by atoms with Crippen molar-refractivity contribution >= 4 is 35.9 Å². The number of hydrogen-bond donors (Lipinski definition) is 6. The molecule has 4 aliphatic carbocycles. The van der Waals surface area contributed by atoms with Crippen molar-refractivity contribution in [1.29, 1.82) is 0 Å². The van der Waals surface area contributed by atoms with E-state index in [1.807, 2.05) is 0 Å². The average molecular weight is 877 g/mol.